The van der Waals surface area contributed by atoms with Crippen molar-refractivity contribution in [2.45, 2.75) is 25.7 Å². The lowest BCUT2D eigenvalue weighted by Gasteiger charge is -1.91. The Morgan fingerprint density at radius 2 is 1.17 bits per heavy atom. The fraction of sp³-hybridized carbons (Fsp3) is 0.333. The molecule has 0 nitrogen and oxygen atoms in total. The number of allylic oxidation sites excluding steroid dienone is 6. The van der Waals surface area contributed by atoms with Gasteiger partial charge >= 0.3 is 0 Å². The van der Waals surface area contributed by atoms with Crippen LogP contribution in [0.25, 0.3) is 0 Å². The van der Waals surface area contributed by atoms with Crippen LogP contribution in [-0.2, 0) is 0 Å². The Bertz CT molecular complexity index is 141. The first-order valence-corrected chi connectivity index (χ1v) is 4.47. The summed E-state index contributed by atoms with van der Waals surface area (Å²) in [5, 5.41) is 0. The molecular formula is C12H18. The van der Waals surface area contributed by atoms with Crippen LogP contribution in [0.1, 0.15) is 25.7 Å². The molecule has 0 rings (SSSR count). The first-order valence-electron chi connectivity index (χ1n) is 4.47. The second-order valence-corrected chi connectivity index (χ2v) is 2.61. The van der Waals surface area contributed by atoms with Crippen LogP contribution in [0.15, 0.2) is 49.6 Å². The molecule has 0 radical (unpaired) electrons. The lowest BCUT2D eigenvalue weighted by atomic mass is 10.2. The third-order valence-corrected chi connectivity index (χ3v) is 1.54. The van der Waals surface area contributed by atoms with Gasteiger partial charge in [0.2, 0.25) is 0 Å². The van der Waals surface area contributed by atoms with E-state index in [1.54, 1.807) is 0 Å². The third-order valence-electron chi connectivity index (χ3n) is 1.54. The summed E-state index contributed by atoms with van der Waals surface area (Å²) in [6.45, 7) is 7.22. The summed E-state index contributed by atoms with van der Waals surface area (Å²) in [7, 11) is 0. The minimum absolute atomic E-state index is 1.16. The molecule has 0 aliphatic heterocycles. The van der Waals surface area contributed by atoms with Gasteiger partial charge in [-0.25, -0.2) is 0 Å². The SMILES string of the molecule is C=CC=CCCCCC=CC=C. The van der Waals surface area contributed by atoms with Crippen LogP contribution in [0.2, 0.25) is 0 Å². The molecular weight excluding hydrogens is 144 g/mol. The Balaban J connectivity index is 3.10. The van der Waals surface area contributed by atoms with E-state index < -0.39 is 0 Å². The minimum Gasteiger partial charge on any atom is -0.0991 e. The molecule has 0 aromatic carbocycles. The van der Waals surface area contributed by atoms with E-state index in [1.807, 2.05) is 24.3 Å². The average Bonchev–Trinajstić information content (AvgIpc) is 2.10. The summed E-state index contributed by atoms with van der Waals surface area (Å²) in [4.78, 5) is 0. The van der Waals surface area contributed by atoms with Crippen LogP contribution < -0.4 is 0 Å². The predicted octanol–water partition coefficient (Wildman–Crippen LogP) is 4.03. The third kappa shape index (κ3) is 8.96. The van der Waals surface area contributed by atoms with E-state index in [2.05, 4.69) is 25.3 Å². The molecule has 0 atom stereocenters. The smallest absolute Gasteiger partial charge is 0.0348 e. The second kappa shape index (κ2) is 9.96. The molecule has 0 heteroatoms. The molecule has 0 aliphatic rings. The second-order valence-electron chi connectivity index (χ2n) is 2.61. The van der Waals surface area contributed by atoms with Gasteiger partial charge in [0.15, 0.2) is 0 Å². The molecule has 0 saturated heterocycles. The van der Waals surface area contributed by atoms with E-state index in [0.29, 0.717) is 0 Å². The van der Waals surface area contributed by atoms with Gasteiger partial charge in [-0.05, 0) is 25.7 Å². The van der Waals surface area contributed by atoms with Gasteiger partial charge in [0.1, 0.15) is 0 Å². The van der Waals surface area contributed by atoms with Crippen molar-refractivity contribution in [1.29, 1.82) is 0 Å². The van der Waals surface area contributed by atoms with Gasteiger partial charge in [0.25, 0.3) is 0 Å². The maximum atomic E-state index is 3.61. The van der Waals surface area contributed by atoms with E-state index in [1.165, 1.54) is 12.8 Å². The summed E-state index contributed by atoms with van der Waals surface area (Å²) >= 11 is 0. The molecule has 0 aromatic heterocycles. The van der Waals surface area contributed by atoms with Crippen molar-refractivity contribution in [2.24, 2.45) is 0 Å². The largest absolute Gasteiger partial charge is 0.0991 e. The minimum atomic E-state index is 1.16. The molecule has 0 fully saturated rings. The van der Waals surface area contributed by atoms with Crippen LogP contribution in [-0.4, -0.2) is 0 Å². The van der Waals surface area contributed by atoms with Crippen LogP contribution in [0.4, 0.5) is 0 Å². The zero-order valence-corrected chi connectivity index (χ0v) is 7.71. The first kappa shape index (κ1) is 11.0. The van der Waals surface area contributed by atoms with Crippen molar-refractivity contribution in [3.05, 3.63) is 49.6 Å². The fourth-order valence-electron chi connectivity index (χ4n) is 0.909. The van der Waals surface area contributed by atoms with Crippen molar-refractivity contribution < 1.29 is 0 Å². The molecule has 0 saturated carbocycles. The zero-order valence-electron chi connectivity index (χ0n) is 7.71. The monoisotopic (exact) mass is 162 g/mol. The van der Waals surface area contributed by atoms with E-state index in [-0.39, 0.29) is 0 Å². The van der Waals surface area contributed by atoms with Crippen LogP contribution in [0.3, 0.4) is 0 Å². The van der Waals surface area contributed by atoms with E-state index >= 15 is 0 Å². The normalized spacial score (nSPS) is 11.0. The Morgan fingerprint density at radius 3 is 1.50 bits per heavy atom. The van der Waals surface area contributed by atoms with Gasteiger partial charge in [0, 0.05) is 0 Å². The van der Waals surface area contributed by atoms with Crippen LogP contribution in [0.5, 0.6) is 0 Å². The highest BCUT2D eigenvalue weighted by molar-refractivity contribution is 4.98. The molecule has 0 bridgehead atoms. The predicted molar refractivity (Wildman–Crippen MR) is 57.1 cm³/mol. The number of hydrogen-bond acceptors (Lipinski definition) is 0. The van der Waals surface area contributed by atoms with Gasteiger partial charge < -0.3 is 0 Å². The molecule has 0 amide bonds. The van der Waals surface area contributed by atoms with Gasteiger partial charge in [-0.2, -0.15) is 0 Å². The lowest BCUT2D eigenvalue weighted by Crippen LogP contribution is -1.71. The maximum Gasteiger partial charge on any atom is -0.0348 e. The molecule has 66 valence electrons. The van der Waals surface area contributed by atoms with Gasteiger partial charge in [-0.1, -0.05) is 49.6 Å². The summed E-state index contributed by atoms with van der Waals surface area (Å²) < 4.78 is 0. The van der Waals surface area contributed by atoms with Gasteiger partial charge in [-0.15, -0.1) is 0 Å². The van der Waals surface area contributed by atoms with Crippen molar-refractivity contribution in [2.75, 3.05) is 0 Å². The molecule has 0 heterocycles. The fourth-order valence-corrected chi connectivity index (χ4v) is 0.909. The van der Waals surface area contributed by atoms with E-state index in [9.17, 15) is 0 Å². The molecule has 0 aliphatic carbocycles. The molecule has 12 heavy (non-hydrogen) atoms. The van der Waals surface area contributed by atoms with Crippen molar-refractivity contribution >= 4 is 0 Å². The topological polar surface area (TPSA) is 0 Å². The van der Waals surface area contributed by atoms with Gasteiger partial charge in [0.05, 0.1) is 0 Å². The lowest BCUT2D eigenvalue weighted by molar-refractivity contribution is 0.762. The Hall–Kier alpha value is -1.04. The Kier molecular flexibility index (Phi) is 9.10. The van der Waals surface area contributed by atoms with E-state index in [0.717, 1.165) is 12.8 Å². The highest BCUT2D eigenvalue weighted by Crippen LogP contribution is 2.01. The number of rotatable bonds is 7. The molecule has 0 spiro atoms. The Morgan fingerprint density at radius 1 is 0.750 bits per heavy atom. The molecule has 0 aromatic rings. The molecule has 0 N–H and O–H groups in total. The first-order chi connectivity index (χ1) is 5.91. The summed E-state index contributed by atoms with van der Waals surface area (Å²) in [5.74, 6) is 0. The Labute approximate surface area is 76.0 Å². The number of unbranched alkanes of at least 4 members (excludes halogenated alkanes) is 3. The summed E-state index contributed by atoms with van der Waals surface area (Å²) in [6.07, 6.45) is 16.8. The quantitative estimate of drug-likeness (QED) is 0.391. The average molecular weight is 162 g/mol. The molecule has 0 unspecified atom stereocenters. The summed E-state index contributed by atoms with van der Waals surface area (Å²) in [6, 6.07) is 0. The standard InChI is InChI=1S/C12H18/c1-3-5-7-9-11-12-10-8-6-4-2/h3-8H,1-2,9-12H2. The highest BCUT2D eigenvalue weighted by Gasteiger charge is 1.81. The zero-order chi connectivity index (χ0) is 9.07. The van der Waals surface area contributed by atoms with Crippen LogP contribution in [0, 0.1) is 0 Å². The maximum absolute atomic E-state index is 3.61. The van der Waals surface area contributed by atoms with E-state index in [4.69, 9.17) is 0 Å². The van der Waals surface area contributed by atoms with Crippen molar-refractivity contribution in [1.82, 2.24) is 0 Å². The highest BCUT2D eigenvalue weighted by atomic mass is 13.9. The summed E-state index contributed by atoms with van der Waals surface area (Å²) in [5.41, 5.74) is 0. The van der Waals surface area contributed by atoms with Gasteiger partial charge in [-0.3, -0.25) is 0 Å². The van der Waals surface area contributed by atoms with Crippen molar-refractivity contribution in [3.8, 4) is 0 Å². The van der Waals surface area contributed by atoms with Crippen molar-refractivity contribution in [3.63, 3.8) is 0 Å². The number of hydrogen-bond donors (Lipinski definition) is 0. The van der Waals surface area contributed by atoms with Crippen LogP contribution >= 0.6 is 0 Å².